The summed E-state index contributed by atoms with van der Waals surface area (Å²) >= 11 is 0. The molecule has 1 fully saturated rings. The van der Waals surface area contributed by atoms with Gasteiger partial charge >= 0.3 is 0 Å². The normalized spacial score (nSPS) is 22.8. The molecule has 21 heavy (non-hydrogen) atoms. The first kappa shape index (κ1) is 16.3. The van der Waals surface area contributed by atoms with E-state index in [1.807, 2.05) is 25.6 Å². The van der Waals surface area contributed by atoms with Gasteiger partial charge in [-0.15, -0.1) is 0 Å². The Labute approximate surface area is 127 Å². The lowest BCUT2D eigenvalue weighted by atomic mass is 9.95. The number of rotatable bonds is 6. The molecule has 1 atom stereocenters. The van der Waals surface area contributed by atoms with Gasteiger partial charge in [0, 0.05) is 45.9 Å². The van der Waals surface area contributed by atoms with Gasteiger partial charge in [-0.2, -0.15) is 5.10 Å². The van der Waals surface area contributed by atoms with Crippen molar-refractivity contribution in [2.24, 2.45) is 7.05 Å². The number of piperidine rings is 1. The van der Waals surface area contributed by atoms with Crippen molar-refractivity contribution in [1.82, 2.24) is 15.1 Å². The Morgan fingerprint density at radius 1 is 1.48 bits per heavy atom. The second-order valence-corrected chi connectivity index (χ2v) is 6.20. The second kappa shape index (κ2) is 6.77. The van der Waals surface area contributed by atoms with Crippen LogP contribution in [0.4, 0.5) is 5.82 Å². The van der Waals surface area contributed by atoms with E-state index in [2.05, 4.69) is 15.3 Å². The average molecular weight is 296 g/mol. The lowest BCUT2D eigenvalue weighted by molar-refractivity contribution is 0.0445. The summed E-state index contributed by atoms with van der Waals surface area (Å²) in [5.41, 5.74) is 1.64. The van der Waals surface area contributed by atoms with Crippen LogP contribution in [0.15, 0.2) is 0 Å². The molecular formula is C15H28N4O2. The van der Waals surface area contributed by atoms with Gasteiger partial charge in [0.2, 0.25) is 0 Å². The minimum Gasteiger partial charge on any atom is -0.388 e. The number of aromatic nitrogens is 2. The Kier molecular flexibility index (Phi) is 5.24. The van der Waals surface area contributed by atoms with Crippen LogP contribution < -0.4 is 10.2 Å². The molecule has 0 spiro atoms. The van der Waals surface area contributed by atoms with Crippen LogP contribution in [0.1, 0.15) is 31.0 Å². The molecule has 120 valence electrons. The molecule has 1 aliphatic rings. The second-order valence-electron chi connectivity index (χ2n) is 6.20. The van der Waals surface area contributed by atoms with Crippen LogP contribution in [0, 0.1) is 6.92 Å². The molecule has 1 saturated heterocycles. The van der Waals surface area contributed by atoms with Crippen LogP contribution in [0.2, 0.25) is 0 Å². The Hall–Kier alpha value is -1.11. The molecule has 2 heterocycles. The molecule has 0 amide bonds. The molecule has 0 aliphatic carbocycles. The molecule has 1 aromatic heterocycles. The maximum atomic E-state index is 10.3. The topological polar surface area (TPSA) is 62.5 Å². The quantitative estimate of drug-likeness (QED) is 0.761. The fraction of sp³-hybridized carbons (Fsp3) is 0.800. The molecule has 1 aromatic rings. The number of ether oxygens (including phenoxy) is 1. The molecule has 0 radical (unpaired) electrons. The molecule has 2 rings (SSSR count). The molecular weight excluding hydrogens is 268 g/mol. The van der Waals surface area contributed by atoms with Gasteiger partial charge in [-0.1, -0.05) is 0 Å². The van der Waals surface area contributed by atoms with Gasteiger partial charge in [0.25, 0.3) is 0 Å². The van der Waals surface area contributed by atoms with Crippen molar-refractivity contribution in [2.75, 3.05) is 38.3 Å². The number of aryl methyl sites for hydroxylation is 2. The Balaban J connectivity index is 2.14. The number of nitrogens with one attached hydrogen (secondary N) is 1. The first-order valence-electron chi connectivity index (χ1n) is 7.64. The van der Waals surface area contributed by atoms with Crippen molar-refractivity contribution < 1.29 is 9.84 Å². The van der Waals surface area contributed by atoms with Gasteiger partial charge in [0.05, 0.1) is 17.9 Å². The molecule has 2 N–H and O–H groups in total. The summed E-state index contributed by atoms with van der Waals surface area (Å²) < 4.78 is 7.00. The predicted molar refractivity (Wildman–Crippen MR) is 83.6 cm³/mol. The fourth-order valence-corrected chi connectivity index (χ4v) is 3.08. The van der Waals surface area contributed by atoms with Crippen molar-refractivity contribution >= 4 is 5.82 Å². The number of aliphatic hydroxyl groups is 1. The summed E-state index contributed by atoms with van der Waals surface area (Å²) in [4.78, 5) is 2.26. The summed E-state index contributed by atoms with van der Waals surface area (Å²) in [6.07, 6.45) is 1.87. The van der Waals surface area contributed by atoms with Crippen LogP contribution in [0.5, 0.6) is 0 Å². The molecule has 6 heteroatoms. The van der Waals surface area contributed by atoms with Gasteiger partial charge in [-0.25, -0.2) is 0 Å². The average Bonchev–Trinajstić information content (AvgIpc) is 2.68. The summed E-state index contributed by atoms with van der Waals surface area (Å²) in [6, 6.07) is 0. The van der Waals surface area contributed by atoms with E-state index in [0.717, 1.165) is 44.0 Å². The first-order valence-corrected chi connectivity index (χ1v) is 7.64. The van der Waals surface area contributed by atoms with E-state index in [0.29, 0.717) is 13.2 Å². The third-order valence-electron chi connectivity index (χ3n) is 4.07. The number of hydrogen-bond acceptors (Lipinski definition) is 5. The van der Waals surface area contributed by atoms with E-state index in [4.69, 9.17) is 4.74 Å². The maximum Gasteiger partial charge on any atom is 0.131 e. The van der Waals surface area contributed by atoms with Crippen LogP contribution in [0.3, 0.4) is 0 Å². The lowest BCUT2D eigenvalue weighted by Gasteiger charge is -2.38. The highest BCUT2D eigenvalue weighted by atomic mass is 16.5. The number of nitrogens with zero attached hydrogens (tertiary/aromatic N) is 3. The van der Waals surface area contributed by atoms with Gasteiger partial charge in [0.1, 0.15) is 5.82 Å². The molecule has 0 bridgehead atoms. The summed E-state index contributed by atoms with van der Waals surface area (Å²) in [5.74, 6) is 1.12. The fourth-order valence-electron chi connectivity index (χ4n) is 3.08. The zero-order chi connectivity index (χ0) is 15.5. The van der Waals surface area contributed by atoms with E-state index in [1.165, 1.54) is 5.56 Å². The Bertz CT molecular complexity index is 470. The molecule has 1 unspecified atom stereocenters. The van der Waals surface area contributed by atoms with Crippen molar-refractivity contribution in [3.63, 3.8) is 0 Å². The Morgan fingerprint density at radius 2 is 2.24 bits per heavy atom. The Morgan fingerprint density at radius 3 is 2.90 bits per heavy atom. The number of hydrogen-bond donors (Lipinski definition) is 2. The first-order chi connectivity index (χ1) is 9.94. The van der Waals surface area contributed by atoms with E-state index < -0.39 is 5.60 Å². The largest absolute Gasteiger partial charge is 0.388 e. The third kappa shape index (κ3) is 3.96. The predicted octanol–water partition coefficient (Wildman–Crippen LogP) is 0.816. The van der Waals surface area contributed by atoms with Crippen molar-refractivity contribution in [3.05, 3.63) is 11.3 Å². The van der Waals surface area contributed by atoms with E-state index >= 15 is 0 Å². The van der Waals surface area contributed by atoms with E-state index in [-0.39, 0.29) is 0 Å². The van der Waals surface area contributed by atoms with E-state index in [1.54, 1.807) is 7.11 Å². The minimum atomic E-state index is -0.614. The van der Waals surface area contributed by atoms with Crippen LogP contribution in [-0.4, -0.2) is 53.8 Å². The van der Waals surface area contributed by atoms with Crippen LogP contribution in [-0.2, 0) is 18.3 Å². The van der Waals surface area contributed by atoms with Crippen molar-refractivity contribution in [1.29, 1.82) is 0 Å². The molecule has 0 aromatic carbocycles. The molecule has 1 aliphatic heterocycles. The zero-order valence-corrected chi connectivity index (χ0v) is 13.6. The maximum absolute atomic E-state index is 10.3. The summed E-state index contributed by atoms with van der Waals surface area (Å²) in [5, 5.41) is 18.3. The van der Waals surface area contributed by atoms with Crippen LogP contribution in [0.25, 0.3) is 0 Å². The molecule has 0 saturated carbocycles. The summed E-state index contributed by atoms with van der Waals surface area (Å²) in [7, 11) is 3.68. The smallest absolute Gasteiger partial charge is 0.131 e. The highest BCUT2D eigenvalue weighted by Gasteiger charge is 2.31. The highest BCUT2D eigenvalue weighted by Crippen LogP contribution is 2.29. The van der Waals surface area contributed by atoms with E-state index in [9.17, 15) is 5.11 Å². The SMILES string of the molecule is COCCNCc1c(C)nn(C)c1N1CCCC(C)(O)C1. The number of anilines is 1. The monoisotopic (exact) mass is 296 g/mol. The number of methoxy groups -OCH3 is 1. The van der Waals surface area contributed by atoms with Gasteiger partial charge in [-0.05, 0) is 26.7 Å². The van der Waals surface area contributed by atoms with Gasteiger partial charge in [0.15, 0.2) is 0 Å². The minimum absolute atomic E-state index is 0.614. The zero-order valence-electron chi connectivity index (χ0n) is 13.6. The van der Waals surface area contributed by atoms with Gasteiger partial charge < -0.3 is 20.1 Å². The lowest BCUT2D eigenvalue weighted by Crippen LogP contribution is -2.47. The van der Waals surface area contributed by atoms with Crippen LogP contribution >= 0.6 is 0 Å². The third-order valence-corrected chi connectivity index (χ3v) is 4.07. The summed E-state index contributed by atoms with van der Waals surface area (Å²) in [6.45, 7) is 7.89. The number of β-amino-alcohol motifs (C(OH)–C–C–N with tert-alkyl or cyclic N) is 1. The van der Waals surface area contributed by atoms with Gasteiger partial charge in [-0.3, -0.25) is 4.68 Å². The highest BCUT2D eigenvalue weighted by molar-refractivity contribution is 5.51. The van der Waals surface area contributed by atoms with Crippen molar-refractivity contribution in [3.8, 4) is 0 Å². The standard InChI is InChI=1S/C15H28N4O2/c1-12-13(10-16-7-9-21-4)14(18(3)17-12)19-8-5-6-15(2,20)11-19/h16,20H,5-11H2,1-4H3. The van der Waals surface area contributed by atoms with Crippen molar-refractivity contribution in [2.45, 2.75) is 38.8 Å². The molecule has 6 nitrogen and oxygen atoms in total.